The number of fused-ring (bicyclic) bond motifs is 1. The Kier molecular flexibility index (Phi) is 4.99. The molecule has 0 aromatic heterocycles. The van der Waals surface area contributed by atoms with Gasteiger partial charge in [0.05, 0.1) is 5.69 Å². The molecule has 3 N–H and O–H groups in total. The number of halogens is 2. The minimum absolute atomic E-state index is 0.0383. The maximum Gasteiger partial charge on any atom is 0.225 e. The van der Waals surface area contributed by atoms with Gasteiger partial charge in [0, 0.05) is 31.2 Å². The number of benzene rings is 2. The van der Waals surface area contributed by atoms with E-state index >= 15 is 0 Å². The van der Waals surface area contributed by atoms with E-state index in [9.17, 15) is 13.6 Å². The normalized spacial score (nSPS) is 17.2. The molecule has 1 atom stereocenters. The van der Waals surface area contributed by atoms with E-state index in [1.807, 2.05) is 13.0 Å². The van der Waals surface area contributed by atoms with Crippen LogP contribution in [0.3, 0.4) is 0 Å². The van der Waals surface area contributed by atoms with Crippen LogP contribution in [0, 0.1) is 11.6 Å². The lowest BCUT2D eigenvalue weighted by Gasteiger charge is -2.35. The molecule has 25 heavy (non-hydrogen) atoms. The summed E-state index contributed by atoms with van der Waals surface area (Å²) < 4.78 is 27.2. The smallest absolute Gasteiger partial charge is 0.225 e. The molecule has 6 heteroatoms. The molecule has 1 amide bonds. The van der Waals surface area contributed by atoms with Crippen LogP contribution in [-0.2, 0) is 11.2 Å². The van der Waals surface area contributed by atoms with E-state index in [0.29, 0.717) is 12.2 Å². The molecule has 0 spiro atoms. The van der Waals surface area contributed by atoms with Crippen molar-refractivity contribution in [1.29, 1.82) is 0 Å². The predicted molar refractivity (Wildman–Crippen MR) is 94.2 cm³/mol. The molecule has 1 aliphatic heterocycles. The summed E-state index contributed by atoms with van der Waals surface area (Å²) in [7, 11) is 0. The number of hydrogen-bond donors (Lipinski definition) is 2. The number of nitrogens with one attached hydrogen (secondary N) is 1. The standard InChI is InChI=1S/C19H21F2N3O/c1-12-16-10-14(20)3-2-13(16)6-8-24(12)9-7-19(25)23-18-11-15(22)4-5-17(18)21/h2-5,10-12H,6-9,22H2,1H3,(H,23,25)/t12-/m0/s1. The summed E-state index contributed by atoms with van der Waals surface area (Å²) in [5.41, 5.74) is 8.20. The SMILES string of the molecule is C[C@H]1c2cc(F)ccc2CCN1CCC(=O)Nc1cc(N)ccc1F. The van der Waals surface area contributed by atoms with Gasteiger partial charge in [-0.2, -0.15) is 0 Å². The highest BCUT2D eigenvalue weighted by molar-refractivity contribution is 5.91. The average Bonchev–Trinajstić information content (AvgIpc) is 2.58. The number of anilines is 2. The Morgan fingerprint density at radius 2 is 2.08 bits per heavy atom. The van der Waals surface area contributed by atoms with Gasteiger partial charge in [0.15, 0.2) is 0 Å². The van der Waals surface area contributed by atoms with Crippen LogP contribution < -0.4 is 11.1 Å². The van der Waals surface area contributed by atoms with Crippen molar-refractivity contribution in [3.05, 3.63) is 59.2 Å². The molecule has 2 aromatic carbocycles. The molecule has 0 saturated heterocycles. The Hall–Kier alpha value is -2.47. The molecule has 2 aromatic rings. The van der Waals surface area contributed by atoms with Crippen LogP contribution in [0.1, 0.15) is 30.5 Å². The Balaban J connectivity index is 1.60. The van der Waals surface area contributed by atoms with E-state index in [-0.39, 0.29) is 29.9 Å². The third-order valence-corrected chi connectivity index (χ3v) is 4.66. The summed E-state index contributed by atoms with van der Waals surface area (Å²) in [6.07, 6.45) is 1.05. The summed E-state index contributed by atoms with van der Waals surface area (Å²) >= 11 is 0. The van der Waals surface area contributed by atoms with Crippen LogP contribution in [0.25, 0.3) is 0 Å². The third-order valence-electron chi connectivity index (χ3n) is 4.66. The second kappa shape index (κ2) is 7.19. The van der Waals surface area contributed by atoms with Gasteiger partial charge in [-0.25, -0.2) is 8.78 Å². The van der Waals surface area contributed by atoms with Gasteiger partial charge in [0.1, 0.15) is 11.6 Å². The zero-order valence-corrected chi connectivity index (χ0v) is 14.1. The van der Waals surface area contributed by atoms with E-state index in [1.54, 1.807) is 6.07 Å². The highest BCUT2D eigenvalue weighted by atomic mass is 19.1. The number of nitrogens with zero attached hydrogens (tertiary/aromatic N) is 1. The number of rotatable bonds is 4. The zero-order valence-electron chi connectivity index (χ0n) is 14.1. The van der Waals surface area contributed by atoms with Crippen LogP contribution in [0.4, 0.5) is 20.2 Å². The predicted octanol–water partition coefficient (Wildman–Crippen LogP) is 3.49. The number of hydrogen-bond acceptors (Lipinski definition) is 3. The number of nitrogens with two attached hydrogens (primary N) is 1. The Bertz CT molecular complexity index is 794. The molecule has 0 radical (unpaired) electrons. The Morgan fingerprint density at radius 1 is 1.28 bits per heavy atom. The molecule has 3 rings (SSSR count). The van der Waals surface area contributed by atoms with E-state index in [1.165, 1.54) is 24.3 Å². The first-order valence-electron chi connectivity index (χ1n) is 8.31. The minimum atomic E-state index is -0.515. The van der Waals surface area contributed by atoms with Gasteiger partial charge in [-0.1, -0.05) is 6.07 Å². The van der Waals surface area contributed by atoms with Gasteiger partial charge >= 0.3 is 0 Å². The van der Waals surface area contributed by atoms with Crippen molar-refractivity contribution < 1.29 is 13.6 Å². The summed E-state index contributed by atoms with van der Waals surface area (Å²) in [6, 6.07) is 8.98. The highest BCUT2D eigenvalue weighted by Crippen LogP contribution is 2.30. The summed E-state index contributed by atoms with van der Waals surface area (Å²) in [4.78, 5) is 14.3. The van der Waals surface area contributed by atoms with Gasteiger partial charge in [0.2, 0.25) is 5.91 Å². The first-order valence-corrected chi connectivity index (χ1v) is 8.31. The van der Waals surface area contributed by atoms with Gasteiger partial charge < -0.3 is 11.1 Å². The van der Waals surface area contributed by atoms with Crippen LogP contribution in [0.2, 0.25) is 0 Å². The van der Waals surface area contributed by atoms with Crippen molar-refractivity contribution in [2.24, 2.45) is 0 Å². The van der Waals surface area contributed by atoms with Crippen LogP contribution in [-0.4, -0.2) is 23.9 Å². The number of amides is 1. The molecule has 1 aliphatic rings. The molecular formula is C19H21F2N3O. The van der Waals surface area contributed by atoms with Gasteiger partial charge in [-0.05, 0) is 54.8 Å². The lowest BCUT2D eigenvalue weighted by atomic mass is 9.93. The van der Waals surface area contributed by atoms with Crippen LogP contribution in [0.15, 0.2) is 36.4 Å². The van der Waals surface area contributed by atoms with Crippen molar-refractivity contribution in [2.45, 2.75) is 25.8 Å². The second-order valence-corrected chi connectivity index (χ2v) is 6.34. The van der Waals surface area contributed by atoms with Crippen molar-refractivity contribution in [3.63, 3.8) is 0 Å². The molecule has 0 saturated carbocycles. The lowest BCUT2D eigenvalue weighted by molar-refractivity contribution is -0.116. The Morgan fingerprint density at radius 3 is 2.88 bits per heavy atom. The Labute approximate surface area is 145 Å². The molecule has 0 aliphatic carbocycles. The van der Waals surface area contributed by atoms with E-state index < -0.39 is 5.82 Å². The van der Waals surface area contributed by atoms with Crippen molar-refractivity contribution in [2.75, 3.05) is 24.1 Å². The fraction of sp³-hybridized carbons (Fsp3) is 0.316. The number of nitrogen functional groups attached to an aromatic ring is 1. The summed E-state index contributed by atoms with van der Waals surface area (Å²) in [5.74, 6) is -1.04. The molecule has 0 unspecified atom stereocenters. The van der Waals surface area contributed by atoms with Gasteiger partial charge in [0.25, 0.3) is 0 Å². The fourth-order valence-corrected chi connectivity index (χ4v) is 3.24. The van der Waals surface area contributed by atoms with E-state index in [2.05, 4.69) is 10.2 Å². The lowest BCUT2D eigenvalue weighted by Crippen LogP contribution is -2.36. The van der Waals surface area contributed by atoms with Crippen LogP contribution in [0.5, 0.6) is 0 Å². The molecule has 0 fully saturated rings. The summed E-state index contributed by atoms with van der Waals surface area (Å²) in [5, 5.41) is 2.55. The molecule has 132 valence electrons. The first-order chi connectivity index (χ1) is 11.9. The zero-order chi connectivity index (χ0) is 18.0. The molecule has 4 nitrogen and oxygen atoms in total. The molecular weight excluding hydrogens is 324 g/mol. The molecule has 1 heterocycles. The van der Waals surface area contributed by atoms with E-state index in [4.69, 9.17) is 5.73 Å². The molecule has 0 bridgehead atoms. The maximum absolute atomic E-state index is 13.7. The topological polar surface area (TPSA) is 58.4 Å². The second-order valence-electron chi connectivity index (χ2n) is 6.34. The average molecular weight is 345 g/mol. The third kappa shape index (κ3) is 3.96. The maximum atomic E-state index is 13.7. The number of carbonyl (C=O) groups is 1. The first kappa shape index (κ1) is 17.4. The van der Waals surface area contributed by atoms with Gasteiger partial charge in [-0.15, -0.1) is 0 Å². The quantitative estimate of drug-likeness (QED) is 0.834. The van der Waals surface area contributed by atoms with Crippen molar-refractivity contribution in [3.8, 4) is 0 Å². The largest absolute Gasteiger partial charge is 0.399 e. The summed E-state index contributed by atoms with van der Waals surface area (Å²) in [6.45, 7) is 3.33. The monoisotopic (exact) mass is 345 g/mol. The van der Waals surface area contributed by atoms with Crippen molar-refractivity contribution >= 4 is 17.3 Å². The fourth-order valence-electron chi connectivity index (χ4n) is 3.24. The van der Waals surface area contributed by atoms with E-state index in [0.717, 1.165) is 24.1 Å². The van der Waals surface area contributed by atoms with Gasteiger partial charge in [-0.3, -0.25) is 9.69 Å². The highest BCUT2D eigenvalue weighted by Gasteiger charge is 2.24. The van der Waals surface area contributed by atoms with Crippen molar-refractivity contribution in [1.82, 2.24) is 4.90 Å². The van der Waals surface area contributed by atoms with Crippen LogP contribution >= 0.6 is 0 Å². The minimum Gasteiger partial charge on any atom is -0.399 e. The number of carbonyl (C=O) groups excluding carboxylic acids is 1.